The summed E-state index contributed by atoms with van der Waals surface area (Å²) in [5, 5.41) is 3.63. The van der Waals surface area contributed by atoms with Crippen LogP contribution in [0.5, 0.6) is 0 Å². The molecule has 0 aliphatic heterocycles. The molecule has 0 aliphatic carbocycles. The molecule has 0 fully saturated rings. The third kappa shape index (κ3) is 3.28. The Morgan fingerprint density at radius 1 is 1.75 bits per heavy atom. The van der Waals surface area contributed by atoms with Crippen molar-refractivity contribution >= 4 is 23.1 Å². The van der Waals surface area contributed by atoms with Crippen LogP contribution in [0, 0.1) is 0 Å². The highest BCUT2D eigenvalue weighted by Crippen LogP contribution is 2.07. The van der Waals surface area contributed by atoms with E-state index in [1.807, 2.05) is 0 Å². The van der Waals surface area contributed by atoms with Gasteiger partial charge in [0.25, 0.3) is 5.91 Å². The standard InChI is InChI=1S/C9H13N3O3S/c1-12(4-8(10)16)9(13)7-3-6(5-14-2)15-11-7/h3H,4-5H2,1-2H3,(H2,10,16). The lowest BCUT2D eigenvalue weighted by Gasteiger charge is -2.13. The third-order valence-corrected chi connectivity index (χ3v) is 1.93. The van der Waals surface area contributed by atoms with Crippen molar-refractivity contribution in [2.24, 2.45) is 5.73 Å². The normalized spacial score (nSPS) is 10.1. The van der Waals surface area contributed by atoms with Crippen LogP contribution in [0.2, 0.25) is 0 Å². The number of carbonyl (C=O) groups is 1. The van der Waals surface area contributed by atoms with Crippen LogP contribution in [0.3, 0.4) is 0 Å². The van der Waals surface area contributed by atoms with Gasteiger partial charge in [0.2, 0.25) is 0 Å². The van der Waals surface area contributed by atoms with Crippen LogP contribution in [-0.4, -0.2) is 41.7 Å². The van der Waals surface area contributed by atoms with E-state index in [1.165, 1.54) is 18.1 Å². The Balaban J connectivity index is 2.68. The van der Waals surface area contributed by atoms with Crippen molar-refractivity contribution in [2.75, 3.05) is 20.7 Å². The van der Waals surface area contributed by atoms with Crippen LogP contribution in [-0.2, 0) is 11.3 Å². The predicted octanol–water partition coefficient (Wildman–Crippen LogP) is 0.179. The fraction of sp³-hybridized carbons (Fsp3) is 0.444. The van der Waals surface area contributed by atoms with Crippen molar-refractivity contribution in [2.45, 2.75) is 6.61 Å². The van der Waals surface area contributed by atoms with Gasteiger partial charge in [-0.25, -0.2) is 0 Å². The van der Waals surface area contributed by atoms with Gasteiger partial charge in [0.1, 0.15) is 6.61 Å². The lowest BCUT2D eigenvalue weighted by atomic mass is 10.3. The number of nitrogens with zero attached hydrogens (tertiary/aromatic N) is 2. The SMILES string of the molecule is COCc1cc(C(=O)N(C)CC(N)=S)no1. The molecule has 16 heavy (non-hydrogen) atoms. The molecular formula is C9H13N3O3S. The number of nitrogens with two attached hydrogens (primary N) is 1. The first-order valence-electron chi connectivity index (χ1n) is 4.53. The average molecular weight is 243 g/mol. The third-order valence-electron chi connectivity index (χ3n) is 1.80. The van der Waals surface area contributed by atoms with E-state index in [4.69, 9.17) is 27.2 Å². The van der Waals surface area contributed by atoms with E-state index in [-0.39, 0.29) is 29.7 Å². The van der Waals surface area contributed by atoms with Crippen LogP contribution >= 0.6 is 12.2 Å². The lowest BCUT2D eigenvalue weighted by molar-refractivity contribution is 0.0804. The molecule has 0 bridgehead atoms. The molecule has 1 rings (SSSR count). The molecule has 1 heterocycles. The molecule has 0 radical (unpaired) electrons. The minimum absolute atomic E-state index is 0.209. The van der Waals surface area contributed by atoms with Crippen LogP contribution in [0.15, 0.2) is 10.6 Å². The second-order valence-electron chi connectivity index (χ2n) is 3.24. The molecule has 0 atom stereocenters. The molecule has 1 aromatic heterocycles. The van der Waals surface area contributed by atoms with E-state index < -0.39 is 0 Å². The van der Waals surface area contributed by atoms with Crippen LogP contribution in [0.4, 0.5) is 0 Å². The average Bonchev–Trinajstić information content (AvgIpc) is 2.64. The molecule has 1 amide bonds. The maximum atomic E-state index is 11.7. The van der Waals surface area contributed by atoms with E-state index in [0.29, 0.717) is 5.76 Å². The van der Waals surface area contributed by atoms with E-state index in [1.54, 1.807) is 7.05 Å². The van der Waals surface area contributed by atoms with Crippen molar-refractivity contribution in [3.63, 3.8) is 0 Å². The Kier molecular flexibility index (Phi) is 4.39. The number of thiocarbonyl (C=S) groups is 1. The molecular weight excluding hydrogens is 230 g/mol. The summed E-state index contributed by atoms with van der Waals surface area (Å²) in [5.74, 6) is 0.202. The molecule has 1 aromatic rings. The van der Waals surface area contributed by atoms with Crippen molar-refractivity contribution in [1.82, 2.24) is 10.1 Å². The highest BCUT2D eigenvalue weighted by atomic mass is 32.1. The first-order chi connectivity index (χ1) is 7.54. The van der Waals surface area contributed by atoms with Gasteiger partial charge in [-0.1, -0.05) is 17.4 Å². The molecule has 0 aromatic carbocycles. The molecule has 88 valence electrons. The van der Waals surface area contributed by atoms with Gasteiger partial charge in [-0.15, -0.1) is 0 Å². The molecule has 0 spiro atoms. The Morgan fingerprint density at radius 2 is 2.44 bits per heavy atom. The first-order valence-corrected chi connectivity index (χ1v) is 4.93. The number of likely N-dealkylation sites (N-methyl/N-ethyl adjacent to an activating group) is 1. The number of hydrogen-bond acceptors (Lipinski definition) is 5. The summed E-state index contributed by atoms with van der Waals surface area (Å²) in [6.45, 7) is 0.486. The number of rotatable bonds is 5. The van der Waals surface area contributed by atoms with Gasteiger partial charge in [-0.05, 0) is 0 Å². The van der Waals surface area contributed by atoms with Gasteiger partial charge in [0.15, 0.2) is 11.5 Å². The number of ether oxygens (including phenoxy) is 1. The topological polar surface area (TPSA) is 81.6 Å². The lowest BCUT2D eigenvalue weighted by Crippen LogP contribution is -2.34. The summed E-state index contributed by atoms with van der Waals surface area (Å²) < 4.78 is 9.74. The van der Waals surface area contributed by atoms with Gasteiger partial charge >= 0.3 is 0 Å². The maximum Gasteiger partial charge on any atom is 0.276 e. The molecule has 2 N–H and O–H groups in total. The zero-order chi connectivity index (χ0) is 12.1. The first kappa shape index (κ1) is 12.6. The quantitative estimate of drug-likeness (QED) is 0.743. The van der Waals surface area contributed by atoms with E-state index in [9.17, 15) is 4.79 Å². The Labute approximate surface area is 98.3 Å². The number of methoxy groups -OCH3 is 1. The van der Waals surface area contributed by atoms with Gasteiger partial charge in [-0.3, -0.25) is 4.79 Å². The van der Waals surface area contributed by atoms with Crippen LogP contribution in [0.25, 0.3) is 0 Å². The minimum atomic E-state index is -0.293. The smallest absolute Gasteiger partial charge is 0.276 e. The van der Waals surface area contributed by atoms with Crippen molar-refractivity contribution in [3.05, 3.63) is 17.5 Å². The summed E-state index contributed by atoms with van der Waals surface area (Å²) >= 11 is 4.71. The van der Waals surface area contributed by atoms with Crippen molar-refractivity contribution in [3.8, 4) is 0 Å². The van der Waals surface area contributed by atoms with Gasteiger partial charge in [-0.2, -0.15) is 0 Å². The van der Waals surface area contributed by atoms with Crippen LogP contribution < -0.4 is 5.73 Å². The molecule has 0 unspecified atom stereocenters. The largest absolute Gasteiger partial charge is 0.392 e. The number of carbonyl (C=O) groups excluding carboxylic acids is 1. The number of hydrogen-bond donors (Lipinski definition) is 1. The maximum absolute atomic E-state index is 11.7. The van der Waals surface area contributed by atoms with Gasteiger partial charge in [0, 0.05) is 20.2 Å². The summed E-state index contributed by atoms with van der Waals surface area (Å²) in [4.78, 5) is 13.4. The Morgan fingerprint density at radius 3 is 3.00 bits per heavy atom. The zero-order valence-corrected chi connectivity index (χ0v) is 9.91. The van der Waals surface area contributed by atoms with E-state index in [2.05, 4.69) is 5.16 Å². The van der Waals surface area contributed by atoms with E-state index >= 15 is 0 Å². The van der Waals surface area contributed by atoms with Crippen LogP contribution in [0.1, 0.15) is 16.2 Å². The second-order valence-corrected chi connectivity index (χ2v) is 3.76. The highest BCUT2D eigenvalue weighted by Gasteiger charge is 2.17. The Bertz CT molecular complexity index is 391. The second kappa shape index (κ2) is 5.57. The molecule has 0 aliphatic rings. The van der Waals surface area contributed by atoms with Crippen molar-refractivity contribution < 1.29 is 14.1 Å². The summed E-state index contributed by atoms with van der Waals surface area (Å²) in [6.07, 6.45) is 0. The molecule has 7 heteroatoms. The minimum Gasteiger partial charge on any atom is -0.392 e. The molecule has 0 saturated heterocycles. The number of aromatic nitrogens is 1. The zero-order valence-electron chi connectivity index (χ0n) is 9.10. The Hall–Kier alpha value is -1.47. The predicted molar refractivity (Wildman–Crippen MR) is 61.0 cm³/mol. The fourth-order valence-electron chi connectivity index (χ4n) is 1.13. The van der Waals surface area contributed by atoms with Gasteiger partial charge < -0.3 is 19.9 Å². The summed E-state index contributed by atoms with van der Waals surface area (Å²) in [7, 11) is 3.12. The van der Waals surface area contributed by atoms with Crippen molar-refractivity contribution in [1.29, 1.82) is 0 Å². The monoisotopic (exact) mass is 243 g/mol. The molecule has 6 nitrogen and oxygen atoms in total. The fourth-order valence-corrected chi connectivity index (χ4v) is 1.32. The highest BCUT2D eigenvalue weighted by molar-refractivity contribution is 7.80. The summed E-state index contributed by atoms with van der Waals surface area (Å²) in [5.41, 5.74) is 5.55. The number of amides is 1. The summed E-state index contributed by atoms with van der Waals surface area (Å²) in [6, 6.07) is 1.53. The van der Waals surface area contributed by atoms with Gasteiger partial charge in [0.05, 0.1) is 11.5 Å². The molecule has 0 saturated carbocycles. The van der Waals surface area contributed by atoms with E-state index in [0.717, 1.165) is 0 Å².